The molecule has 1 aliphatic rings. The number of piperidine rings is 1. The number of hydrogen-bond acceptors (Lipinski definition) is 5. The molecule has 1 fully saturated rings. The average Bonchev–Trinajstić information content (AvgIpc) is 3.26. The van der Waals surface area contributed by atoms with Gasteiger partial charge in [0.25, 0.3) is 10.0 Å². The number of thiophene rings is 2. The molecule has 0 aliphatic carbocycles. The second-order valence-electron chi connectivity index (χ2n) is 6.39. The Kier molecular flexibility index (Phi) is 5.62. The largest absolute Gasteiger partial charge is 0.341 e. The summed E-state index contributed by atoms with van der Waals surface area (Å²) in [6, 6.07) is 5.48. The van der Waals surface area contributed by atoms with Crippen LogP contribution in [0.4, 0.5) is 0 Å². The molecule has 1 amide bonds. The standard InChI is InChI=1S/C17H22N2O3S3/c1-13-5-6-16(24-13)25(21,22)19-8-3-4-15(11-19)17(20)18(2)10-14-7-9-23-12-14/h5-7,9,12,15H,3-4,8,10-11H2,1-2H3/t15-/m0/s1. The highest BCUT2D eigenvalue weighted by molar-refractivity contribution is 7.91. The summed E-state index contributed by atoms with van der Waals surface area (Å²) in [7, 11) is -1.71. The molecule has 1 saturated heterocycles. The number of nitrogens with zero attached hydrogens (tertiary/aromatic N) is 2. The van der Waals surface area contributed by atoms with Crippen molar-refractivity contribution in [2.45, 2.75) is 30.5 Å². The van der Waals surface area contributed by atoms with Crippen molar-refractivity contribution in [1.29, 1.82) is 0 Å². The van der Waals surface area contributed by atoms with Crippen LogP contribution in [0.5, 0.6) is 0 Å². The third-order valence-corrected chi connectivity index (χ3v) is 8.48. The molecule has 1 atom stereocenters. The minimum Gasteiger partial charge on any atom is -0.341 e. The van der Waals surface area contributed by atoms with E-state index < -0.39 is 10.0 Å². The number of hydrogen-bond donors (Lipinski definition) is 0. The first-order valence-electron chi connectivity index (χ1n) is 8.20. The molecule has 2 aromatic heterocycles. The van der Waals surface area contributed by atoms with E-state index in [0.29, 0.717) is 23.7 Å². The maximum Gasteiger partial charge on any atom is 0.252 e. The van der Waals surface area contributed by atoms with Gasteiger partial charge in [0.05, 0.1) is 5.92 Å². The summed E-state index contributed by atoms with van der Waals surface area (Å²) < 4.78 is 27.5. The fourth-order valence-electron chi connectivity index (χ4n) is 3.09. The maximum absolute atomic E-state index is 12.8. The molecule has 25 heavy (non-hydrogen) atoms. The third-order valence-electron chi connectivity index (χ3n) is 4.42. The zero-order chi connectivity index (χ0) is 18.0. The van der Waals surface area contributed by atoms with Crippen molar-refractivity contribution in [2.24, 2.45) is 5.92 Å². The van der Waals surface area contributed by atoms with E-state index in [1.165, 1.54) is 15.6 Å². The number of carbonyl (C=O) groups is 1. The lowest BCUT2D eigenvalue weighted by atomic mass is 9.98. The van der Waals surface area contributed by atoms with E-state index in [4.69, 9.17) is 0 Å². The molecule has 3 heterocycles. The van der Waals surface area contributed by atoms with E-state index in [2.05, 4.69) is 0 Å². The minimum absolute atomic E-state index is 0.0217. The summed E-state index contributed by atoms with van der Waals surface area (Å²) >= 11 is 2.89. The number of carbonyl (C=O) groups excluding carboxylic acids is 1. The van der Waals surface area contributed by atoms with E-state index in [1.807, 2.05) is 29.8 Å². The van der Waals surface area contributed by atoms with E-state index >= 15 is 0 Å². The Morgan fingerprint density at radius 1 is 1.36 bits per heavy atom. The molecule has 0 bridgehead atoms. The second-order valence-corrected chi connectivity index (χ2v) is 10.6. The van der Waals surface area contributed by atoms with Gasteiger partial charge in [-0.1, -0.05) is 0 Å². The molecule has 0 unspecified atom stereocenters. The molecule has 0 saturated carbocycles. The van der Waals surface area contributed by atoms with Crippen LogP contribution in [0.2, 0.25) is 0 Å². The van der Waals surface area contributed by atoms with E-state index in [1.54, 1.807) is 29.4 Å². The van der Waals surface area contributed by atoms with E-state index in [-0.39, 0.29) is 18.4 Å². The van der Waals surface area contributed by atoms with Crippen LogP contribution in [0.3, 0.4) is 0 Å². The Morgan fingerprint density at radius 3 is 2.80 bits per heavy atom. The van der Waals surface area contributed by atoms with Gasteiger partial charge >= 0.3 is 0 Å². The smallest absolute Gasteiger partial charge is 0.252 e. The first-order chi connectivity index (χ1) is 11.9. The SMILES string of the molecule is Cc1ccc(S(=O)(=O)N2CCC[C@H](C(=O)N(C)Cc3ccsc3)C2)s1. The van der Waals surface area contributed by atoms with Gasteiger partial charge in [0.2, 0.25) is 5.91 Å². The molecular weight excluding hydrogens is 376 g/mol. The summed E-state index contributed by atoms with van der Waals surface area (Å²) in [6.45, 7) is 3.21. The second kappa shape index (κ2) is 7.57. The highest BCUT2D eigenvalue weighted by Gasteiger charge is 2.35. The summed E-state index contributed by atoms with van der Waals surface area (Å²) in [4.78, 5) is 15.4. The summed E-state index contributed by atoms with van der Waals surface area (Å²) in [5.74, 6) is -0.248. The van der Waals surface area contributed by atoms with Gasteiger partial charge < -0.3 is 4.90 Å². The fourth-order valence-corrected chi connectivity index (χ4v) is 6.71. The van der Waals surface area contributed by atoms with Crippen LogP contribution in [-0.2, 0) is 21.4 Å². The molecule has 1 aliphatic heterocycles. The topological polar surface area (TPSA) is 57.7 Å². The predicted molar refractivity (Wildman–Crippen MR) is 101 cm³/mol. The zero-order valence-electron chi connectivity index (χ0n) is 14.3. The van der Waals surface area contributed by atoms with Gasteiger partial charge in [-0.3, -0.25) is 4.79 Å². The fraction of sp³-hybridized carbons (Fsp3) is 0.471. The van der Waals surface area contributed by atoms with Crippen molar-refractivity contribution in [2.75, 3.05) is 20.1 Å². The molecule has 0 aromatic carbocycles. The molecule has 3 rings (SSSR count). The lowest BCUT2D eigenvalue weighted by Gasteiger charge is -2.33. The van der Waals surface area contributed by atoms with Crippen molar-refractivity contribution in [1.82, 2.24) is 9.21 Å². The van der Waals surface area contributed by atoms with Crippen LogP contribution in [0.1, 0.15) is 23.3 Å². The lowest BCUT2D eigenvalue weighted by molar-refractivity contribution is -0.135. The molecule has 2 aromatic rings. The van der Waals surface area contributed by atoms with Crippen molar-refractivity contribution < 1.29 is 13.2 Å². The van der Waals surface area contributed by atoms with Gasteiger partial charge in [0.1, 0.15) is 4.21 Å². The van der Waals surface area contributed by atoms with Gasteiger partial charge in [-0.2, -0.15) is 15.6 Å². The van der Waals surface area contributed by atoms with E-state index in [0.717, 1.165) is 16.9 Å². The normalized spacial score (nSPS) is 19.0. The van der Waals surface area contributed by atoms with Crippen LogP contribution < -0.4 is 0 Å². The predicted octanol–water partition coefficient (Wildman–Crippen LogP) is 3.18. The number of sulfonamides is 1. The van der Waals surface area contributed by atoms with Gasteiger partial charge in [-0.05, 0) is 54.3 Å². The molecule has 5 nitrogen and oxygen atoms in total. The molecule has 136 valence electrons. The first-order valence-corrected chi connectivity index (χ1v) is 11.4. The maximum atomic E-state index is 12.8. The lowest BCUT2D eigenvalue weighted by Crippen LogP contribution is -2.45. The van der Waals surface area contributed by atoms with Crippen molar-refractivity contribution in [3.63, 3.8) is 0 Å². The Bertz CT molecular complexity index is 827. The Labute approximate surface area is 156 Å². The molecule has 0 spiro atoms. The number of aryl methyl sites for hydroxylation is 1. The van der Waals surface area contributed by atoms with Gasteiger partial charge in [-0.25, -0.2) is 8.42 Å². The summed E-state index contributed by atoms with van der Waals surface area (Å²) in [5, 5.41) is 4.02. The third kappa shape index (κ3) is 4.13. The highest BCUT2D eigenvalue weighted by Crippen LogP contribution is 2.29. The van der Waals surface area contributed by atoms with Crippen molar-refractivity contribution >= 4 is 38.6 Å². The van der Waals surface area contributed by atoms with Crippen molar-refractivity contribution in [3.05, 3.63) is 39.4 Å². The molecule has 0 N–H and O–H groups in total. The molecule has 0 radical (unpaired) electrons. The summed E-state index contributed by atoms with van der Waals surface area (Å²) in [5.41, 5.74) is 1.11. The summed E-state index contributed by atoms with van der Waals surface area (Å²) in [6.07, 6.45) is 1.45. The minimum atomic E-state index is -3.50. The van der Waals surface area contributed by atoms with Crippen LogP contribution >= 0.6 is 22.7 Å². The molecule has 8 heteroatoms. The van der Waals surface area contributed by atoms with Crippen LogP contribution in [0, 0.1) is 12.8 Å². The van der Waals surface area contributed by atoms with E-state index in [9.17, 15) is 13.2 Å². The number of rotatable bonds is 5. The monoisotopic (exact) mass is 398 g/mol. The van der Waals surface area contributed by atoms with Crippen LogP contribution in [-0.4, -0.2) is 43.7 Å². The van der Waals surface area contributed by atoms with Gasteiger partial charge in [0, 0.05) is 31.6 Å². The van der Waals surface area contributed by atoms with Crippen LogP contribution in [0.25, 0.3) is 0 Å². The quantitative estimate of drug-likeness (QED) is 0.777. The van der Waals surface area contributed by atoms with Crippen molar-refractivity contribution in [3.8, 4) is 0 Å². The van der Waals surface area contributed by atoms with Gasteiger partial charge in [-0.15, -0.1) is 11.3 Å². The van der Waals surface area contributed by atoms with Gasteiger partial charge in [0.15, 0.2) is 0 Å². The zero-order valence-corrected chi connectivity index (χ0v) is 16.8. The van der Waals surface area contributed by atoms with Crippen LogP contribution in [0.15, 0.2) is 33.2 Å². The number of amides is 1. The Morgan fingerprint density at radius 2 is 2.16 bits per heavy atom. The Hall–Kier alpha value is -1.22. The average molecular weight is 399 g/mol. The highest BCUT2D eigenvalue weighted by atomic mass is 32.2. The molecular formula is C17H22N2O3S3. The first kappa shape index (κ1) is 18.6. The Balaban J connectivity index is 1.69.